The van der Waals surface area contributed by atoms with Gasteiger partial charge in [0.15, 0.2) is 0 Å². The zero-order valence-corrected chi connectivity index (χ0v) is 23.4. The molecule has 1 heterocycles. The third-order valence-corrected chi connectivity index (χ3v) is 6.37. The van der Waals surface area contributed by atoms with Crippen molar-refractivity contribution < 1.29 is 38.9 Å². The zero-order chi connectivity index (χ0) is 23.5. The van der Waals surface area contributed by atoms with Crippen molar-refractivity contribution in [3.8, 4) is 0 Å². The van der Waals surface area contributed by atoms with Gasteiger partial charge in [-0.3, -0.25) is 4.90 Å². The van der Waals surface area contributed by atoms with E-state index in [1.807, 2.05) is 64.2 Å². The summed E-state index contributed by atoms with van der Waals surface area (Å²) in [5.74, 6) is 5.62. The van der Waals surface area contributed by atoms with E-state index < -0.39 is 0 Å². The Kier molecular flexibility index (Phi) is 18.5. The summed E-state index contributed by atoms with van der Waals surface area (Å²) in [6.07, 6.45) is 33.5. The van der Waals surface area contributed by atoms with Crippen molar-refractivity contribution in [1.82, 2.24) is 9.80 Å². The van der Waals surface area contributed by atoms with Gasteiger partial charge >= 0.3 is 34.1 Å². The van der Waals surface area contributed by atoms with E-state index in [4.69, 9.17) is 4.74 Å². The van der Waals surface area contributed by atoms with Crippen LogP contribution in [0.1, 0.15) is 13.8 Å². The minimum atomic E-state index is 0. The Balaban J connectivity index is 0.000000423. The number of hydrogen-bond donors (Lipinski definition) is 0. The van der Waals surface area contributed by atoms with Crippen LogP contribution in [0.15, 0.2) is 0 Å². The first-order valence-corrected chi connectivity index (χ1v) is 11.9. The van der Waals surface area contributed by atoms with E-state index >= 15 is 0 Å². The van der Waals surface area contributed by atoms with Gasteiger partial charge in [0.05, 0.1) is 13.2 Å². The fraction of sp³-hybridized carbons (Fsp3) is 0.333. The standard InChI is InChI=1S/C20H28N2O.2C5H5.2Fe/c1-15(21(3)4)17-7-5-9-19(17)20-10-6-8-18(20)16(2)22-11-13-23-14-12-22;2*1-2-4-5-3-1;;/h5-10,15-16H,11-14H2,1-4H3;2*1-5H;;/q;;;2*+2/t15-,16?;;;;/m0..../s1. The maximum Gasteiger partial charge on any atom is 2.00 e. The molecule has 3 nitrogen and oxygen atoms in total. The summed E-state index contributed by atoms with van der Waals surface area (Å²) in [6.45, 7) is 8.33. The van der Waals surface area contributed by atoms with Crippen LogP contribution in [-0.2, 0) is 38.9 Å². The third kappa shape index (κ3) is 10.9. The molecular formula is C30H38Fe2N2O+4. The predicted octanol–water partition coefficient (Wildman–Crippen LogP) is 4.25. The normalized spacial score (nSPS) is 26.3. The number of morpholine rings is 1. The van der Waals surface area contributed by atoms with Gasteiger partial charge in [0, 0.05) is 37.0 Å². The average molecular weight is 554 g/mol. The van der Waals surface area contributed by atoms with Crippen molar-refractivity contribution >= 4 is 0 Å². The van der Waals surface area contributed by atoms with E-state index in [9.17, 15) is 0 Å². The van der Waals surface area contributed by atoms with E-state index in [0.29, 0.717) is 12.1 Å². The molecular weight excluding hydrogens is 516 g/mol. The molecule has 0 aromatic carbocycles. The largest absolute Gasteiger partial charge is 2.00 e. The van der Waals surface area contributed by atoms with Crippen LogP contribution in [0.5, 0.6) is 0 Å². The first-order valence-electron chi connectivity index (χ1n) is 11.9. The Morgan fingerprint density at radius 2 is 1.03 bits per heavy atom. The summed E-state index contributed by atoms with van der Waals surface area (Å²) < 4.78 is 5.50. The maximum atomic E-state index is 5.50. The van der Waals surface area contributed by atoms with Crippen molar-refractivity contribution in [2.24, 2.45) is 0 Å². The first-order chi connectivity index (χ1) is 16.1. The molecule has 0 aromatic heterocycles. The van der Waals surface area contributed by atoms with Crippen LogP contribution in [-0.4, -0.2) is 62.3 Å². The van der Waals surface area contributed by atoms with Gasteiger partial charge in [-0.25, -0.2) is 0 Å². The fourth-order valence-corrected chi connectivity index (χ4v) is 4.17. The molecule has 0 amide bonds. The molecule has 4 aliphatic carbocycles. The van der Waals surface area contributed by atoms with Crippen LogP contribution in [0.25, 0.3) is 0 Å². The van der Waals surface area contributed by atoms with Gasteiger partial charge in [-0.15, -0.1) is 0 Å². The van der Waals surface area contributed by atoms with Gasteiger partial charge in [-0.1, -0.05) is 0 Å². The van der Waals surface area contributed by atoms with Gasteiger partial charge in [-0.2, -0.15) is 0 Å². The minimum absolute atomic E-state index is 0. The monoisotopic (exact) mass is 554 g/mol. The zero-order valence-electron chi connectivity index (χ0n) is 21.2. The maximum absolute atomic E-state index is 5.50. The molecule has 35 heavy (non-hydrogen) atoms. The average Bonchev–Trinajstić information content (AvgIpc) is 3.67. The minimum Gasteiger partial charge on any atom is -0.379 e. The molecule has 1 unspecified atom stereocenters. The summed E-state index contributed by atoms with van der Waals surface area (Å²) in [5.41, 5.74) is 0. The van der Waals surface area contributed by atoms with Crippen molar-refractivity contribution in [3.05, 3.63) is 126 Å². The topological polar surface area (TPSA) is 15.7 Å². The molecule has 5 heteroatoms. The van der Waals surface area contributed by atoms with Crippen molar-refractivity contribution in [2.45, 2.75) is 25.9 Å². The summed E-state index contributed by atoms with van der Waals surface area (Å²) in [5, 5.41) is 0. The van der Waals surface area contributed by atoms with E-state index in [1.165, 1.54) is 23.7 Å². The molecule has 0 aromatic rings. The van der Waals surface area contributed by atoms with Crippen molar-refractivity contribution in [1.29, 1.82) is 0 Å². The second kappa shape index (κ2) is 19.1. The smallest absolute Gasteiger partial charge is 0.379 e. The molecule has 186 valence electrons. The van der Waals surface area contributed by atoms with Crippen LogP contribution in [0.3, 0.4) is 0 Å². The van der Waals surface area contributed by atoms with Crippen LogP contribution < -0.4 is 0 Å². The third-order valence-electron chi connectivity index (χ3n) is 6.37. The molecule has 0 bridgehead atoms. The Labute approximate surface area is 240 Å². The van der Waals surface area contributed by atoms with Crippen LogP contribution in [0.4, 0.5) is 0 Å². The first kappa shape index (κ1) is 33.9. The molecule has 4 saturated carbocycles. The second-order valence-corrected chi connectivity index (χ2v) is 8.68. The summed E-state index contributed by atoms with van der Waals surface area (Å²) in [6, 6.07) is 0.850. The quantitative estimate of drug-likeness (QED) is 0.473. The van der Waals surface area contributed by atoms with Gasteiger partial charge < -0.3 is 9.64 Å². The van der Waals surface area contributed by atoms with Crippen LogP contribution in [0.2, 0.25) is 0 Å². The molecule has 1 saturated heterocycles. The van der Waals surface area contributed by atoms with Gasteiger partial charge in [0.25, 0.3) is 0 Å². The fourth-order valence-electron chi connectivity index (χ4n) is 4.17. The second-order valence-electron chi connectivity index (χ2n) is 8.68. The number of nitrogens with zero attached hydrogens (tertiary/aromatic N) is 2. The molecule has 5 rings (SSSR count). The summed E-state index contributed by atoms with van der Waals surface area (Å²) >= 11 is 0. The molecule has 2 atom stereocenters. The summed E-state index contributed by atoms with van der Waals surface area (Å²) in [7, 11) is 4.29. The molecule has 0 N–H and O–H groups in total. The summed E-state index contributed by atoms with van der Waals surface area (Å²) in [4.78, 5) is 4.80. The number of rotatable bonds is 5. The van der Waals surface area contributed by atoms with E-state index in [-0.39, 0.29) is 34.1 Å². The molecule has 20 radical (unpaired) electrons. The van der Waals surface area contributed by atoms with E-state index in [1.54, 1.807) is 0 Å². The Hall–Kier alpha value is 0.919. The van der Waals surface area contributed by atoms with Gasteiger partial charge in [0.1, 0.15) is 0 Å². The van der Waals surface area contributed by atoms with E-state index in [0.717, 1.165) is 26.3 Å². The molecule has 0 spiro atoms. The van der Waals surface area contributed by atoms with Crippen LogP contribution >= 0.6 is 0 Å². The van der Waals surface area contributed by atoms with Crippen LogP contribution in [0, 0.1) is 126 Å². The SMILES string of the molecule is CC([C]1[CH][CH][CH][C]1[C]1[CH][CH][CH][C]1[C@H](C)N(C)C)N1CCOCC1.[CH]1[CH][CH][CH][CH]1.[CH]1[CH][CH][CH][CH]1.[Fe+2].[Fe+2]. The molecule has 1 aliphatic heterocycles. The van der Waals surface area contributed by atoms with Gasteiger partial charge in [-0.05, 0) is 143 Å². The molecule has 5 fully saturated rings. The van der Waals surface area contributed by atoms with Crippen molar-refractivity contribution in [2.75, 3.05) is 40.4 Å². The number of hydrogen-bond acceptors (Lipinski definition) is 3. The Morgan fingerprint density at radius 3 is 1.46 bits per heavy atom. The predicted molar refractivity (Wildman–Crippen MR) is 137 cm³/mol. The van der Waals surface area contributed by atoms with E-state index in [2.05, 4.69) is 76.3 Å². The van der Waals surface area contributed by atoms with Gasteiger partial charge in [0.2, 0.25) is 0 Å². The Morgan fingerprint density at radius 1 is 0.629 bits per heavy atom. The Bertz CT molecular complexity index is 481. The van der Waals surface area contributed by atoms with Crippen molar-refractivity contribution in [3.63, 3.8) is 0 Å². The molecule has 5 aliphatic rings. The number of ether oxygens (including phenoxy) is 1.